The van der Waals surface area contributed by atoms with Gasteiger partial charge in [-0.25, -0.2) is 9.67 Å². The van der Waals surface area contributed by atoms with E-state index in [9.17, 15) is 4.79 Å². The van der Waals surface area contributed by atoms with Crippen molar-refractivity contribution in [3.63, 3.8) is 0 Å². The molecule has 1 aromatic heterocycles. The van der Waals surface area contributed by atoms with Crippen LogP contribution in [-0.4, -0.2) is 32.6 Å². The molecular formula is C14H13N3O4. The molecule has 7 nitrogen and oxygen atoms in total. The molecule has 0 fully saturated rings. The average molecular weight is 287 g/mol. The number of aromatic nitrogens is 3. The third-order valence-electron chi connectivity index (χ3n) is 3.84. The fourth-order valence-electron chi connectivity index (χ4n) is 2.67. The van der Waals surface area contributed by atoms with Gasteiger partial charge in [-0.1, -0.05) is 0 Å². The standard InChI is InChI=1S/C14H13N3O4/c18-14(19)9-2-4-12-15-13(16-17(12)6-9)8-1-3-10-11(5-8)21-7-20-10/h1,3,5,9H,2,4,6-7H2,(H,18,19). The number of nitrogens with zero attached hydrogens (tertiary/aromatic N) is 3. The Balaban J connectivity index is 1.67. The number of rotatable bonds is 2. The van der Waals surface area contributed by atoms with Crippen LogP contribution in [0, 0.1) is 5.92 Å². The molecule has 1 atom stereocenters. The minimum absolute atomic E-state index is 0.228. The first-order valence-electron chi connectivity index (χ1n) is 6.77. The summed E-state index contributed by atoms with van der Waals surface area (Å²) in [6.45, 7) is 0.606. The summed E-state index contributed by atoms with van der Waals surface area (Å²) in [6, 6.07) is 5.56. The molecule has 0 radical (unpaired) electrons. The van der Waals surface area contributed by atoms with Gasteiger partial charge in [0.2, 0.25) is 6.79 Å². The Labute approximate surface area is 120 Å². The van der Waals surface area contributed by atoms with Crippen molar-refractivity contribution in [3.8, 4) is 22.9 Å². The third kappa shape index (κ3) is 2.01. The van der Waals surface area contributed by atoms with E-state index in [4.69, 9.17) is 14.6 Å². The van der Waals surface area contributed by atoms with E-state index in [1.807, 2.05) is 18.2 Å². The first-order chi connectivity index (χ1) is 10.2. The highest BCUT2D eigenvalue weighted by Crippen LogP contribution is 2.35. The van der Waals surface area contributed by atoms with Crippen LogP contribution in [0.15, 0.2) is 18.2 Å². The fraction of sp³-hybridized carbons (Fsp3) is 0.357. The van der Waals surface area contributed by atoms with Crippen LogP contribution in [0.25, 0.3) is 11.4 Å². The number of aliphatic carboxylic acids is 1. The van der Waals surface area contributed by atoms with Crippen molar-refractivity contribution in [2.24, 2.45) is 5.92 Å². The smallest absolute Gasteiger partial charge is 0.308 e. The maximum atomic E-state index is 11.1. The van der Waals surface area contributed by atoms with Crippen LogP contribution >= 0.6 is 0 Å². The predicted octanol–water partition coefficient (Wildman–Crippen LogP) is 1.32. The number of benzene rings is 1. The number of hydrogen-bond donors (Lipinski definition) is 1. The molecule has 0 saturated heterocycles. The topological polar surface area (TPSA) is 86.5 Å². The monoisotopic (exact) mass is 287 g/mol. The van der Waals surface area contributed by atoms with E-state index in [1.165, 1.54) is 0 Å². The zero-order valence-electron chi connectivity index (χ0n) is 11.2. The molecule has 108 valence electrons. The Morgan fingerprint density at radius 3 is 3.05 bits per heavy atom. The van der Waals surface area contributed by atoms with E-state index in [0.29, 0.717) is 36.7 Å². The summed E-state index contributed by atoms with van der Waals surface area (Å²) in [7, 11) is 0. The zero-order chi connectivity index (χ0) is 14.4. The number of carboxylic acids is 1. The molecule has 1 unspecified atom stereocenters. The molecular weight excluding hydrogens is 274 g/mol. The van der Waals surface area contributed by atoms with Crippen LogP contribution in [0.5, 0.6) is 11.5 Å². The summed E-state index contributed by atoms with van der Waals surface area (Å²) < 4.78 is 12.3. The summed E-state index contributed by atoms with van der Waals surface area (Å²) in [4.78, 5) is 15.6. The van der Waals surface area contributed by atoms with Crippen molar-refractivity contribution < 1.29 is 19.4 Å². The fourth-order valence-corrected chi connectivity index (χ4v) is 2.67. The van der Waals surface area contributed by atoms with E-state index in [1.54, 1.807) is 4.68 Å². The molecule has 4 rings (SSSR count). The van der Waals surface area contributed by atoms with Crippen LogP contribution in [-0.2, 0) is 17.8 Å². The molecule has 7 heteroatoms. The number of carbonyl (C=O) groups is 1. The normalized spacial score (nSPS) is 19.3. The molecule has 3 heterocycles. The predicted molar refractivity (Wildman–Crippen MR) is 71.0 cm³/mol. The number of fused-ring (bicyclic) bond motifs is 2. The van der Waals surface area contributed by atoms with Gasteiger partial charge in [-0.2, -0.15) is 5.10 Å². The van der Waals surface area contributed by atoms with Gasteiger partial charge < -0.3 is 14.6 Å². The van der Waals surface area contributed by atoms with E-state index in [2.05, 4.69) is 10.1 Å². The lowest BCUT2D eigenvalue weighted by Gasteiger charge is -2.18. The summed E-state index contributed by atoms with van der Waals surface area (Å²) in [5.74, 6) is 1.66. The summed E-state index contributed by atoms with van der Waals surface area (Å²) >= 11 is 0. The zero-order valence-corrected chi connectivity index (χ0v) is 11.2. The number of hydrogen-bond acceptors (Lipinski definition) is 5. The van der Waals surface area contributed by atoms with Gasteiger partial charge in [0.1, 0.15) is 5.82 Å². The molecule has 0 aliphatic carbocycles. The van der Waals surface area contributed by atoms with Crippen molar-refractivity contribution in [2.75, 3.05) is 6.79 Å². The van der Waals surface area contributed by atoms with Gasteiger partial charge in [0.05, 0.1) is 12.5 Å². The maximum absolute atomic E-state index is 11.1. The van der Waals surface area contributed by atoms with Crippen LogP contribution < -0.4 is 9.47 Å². The lowest BCUT2D eigenvalue weighted by Crippen LogP contribution is -2.27. The summed E-state index contributed by atoms with van der Waals surface area (Å²) in [5, 5.41) is 13.5. The van der Waals surface area contributed by atoms with E-state index >= 15 is 0 Å². The Bertz CT molecular complexity index is 725. The van der Waals surface area contributed by atoms with Crippen LogP contribution in [0.1, 0.15) is 12.2 Å². The average Bonchev–Trinajstić information content (AvgIpc) is 3.11. The minimum Gasteiger partial charge on any atom is -0.481 e. The summed E-state index contributed by atoms with van der Waals surface area (Å²) in [6.07, 6.45) is 1.24. The first kappa shape index (κ1) is 12.2. The Hall–Kier alpha value is -2.57. The highest BCUT2D eigenvalue weighted by atomic mass is 16.7. The van der Waals surface area contributed by atoms with Gasteiger partial charge >= 0.3 is 5.97 Å². The molecule has 2 aliphatic heterocycles. The second kappa shape index (κ2) is 4.47. The van der Waals surface area contributed by atoms with Gasteiger partial charge in [-0.15, -0.1) is 0 Å². The highest BCUT2D eigenvalue weighted by Gasteiger charge is 2.27. The van der Waals surface area contributed by atoms with Gasteiger partial charge in [0, 0.05) is 12.0 Å². The highest BCUT2D eigenvalue weighted by molar-refractivity contribution is 5.70. The molecule has 0 bridgehead atoms. The molecule has 2 aromatic rings. The number of ether oxygens (including phenoxy) is 2. The molecule has 21 heavy (non-hydrogen) atoms. The van der Waals surface area contributed by atoms with Crippen LogP contribution in [0.2, 0.25) is 0 Å². The molecule has 1 N–H and O–H groups in total. The van der Waals surface area contributed by atoms with Gasteiger partial charge in [-0.05, 0) is 24.6 Å². The maximum Gasteiger partial charge on any atom is 0.308 e. The van der Waals surface area contributed by atoms with Crippen molar-refractivity contribution >= 4 is 5.97 Å². The van der Waals surface area contributed by atoms with Gasteiger partial charge in [-0.3, -0.25) is 4.79 Å². The molecule has 0 saturated carbocycles. The quantitative estimate of drug-likeness (QED) is 0.896. The number of carboxylic acid groups (broad SMARTS) is 1. The largest absolute Gasteiger partial charge is 0.481 e. The Morgan fingerprint density at radius 1 is 1.33 bits per heavy atom. The summed E-state index contributed by atoms with van der Waals surface area (Å²) in [5.41, 5.74) is 0.841. The van der Waals surface area contributed by atoms with E-state index in [0.717, 1.165) is 11.4 Å². The third-order valence-corrected chi connectivity index (χ3v) is 3.84. The van der Waals surface area contributed by atoms with Crippen LogP contribution in [0.3, 0.4) is 0 Å². The van der Waals surface area contributed by atoms with E-state index in [-0.39, 0.29) is 12.7 Å². The lowest BCUT2D eigenvalue weighted by molar-refractivity contribution is -0.142. The second-order valence-corrected chi connectivity index (χ2v) is 5.18. The molecule has 0 amide bonds. The van der Waals surface area contributed by atoms with Gasteiger partial charge in [0.25, 0.3) is 0 Å². The second-order valence-electron chi connectivity index (χ2n) is 5.18. The lowest BCUT2D eigenvalue weighted by atomic mass is 10.0. The van der Waals surface area contributed by atoms with Gasteiger partial charge in [0.15, 0.2) is 17.3 Å². The molecule has 2 aliphatic rings. The Kier molecular flexibility index (Phi) is 2.60. The van der Waals surface area contributed by atoms with Crippen LogP contribution in [0.4, 0.5) is 0 Å². The minimum atomic E-state index is -0.777. The SMILES string of the molecule is O=C(O)C1CCc2nc(-c3ccc4c(c3)OCO4)nn2C1. The first-order valence-corrected chi connectivity index (χ1v) is 6.77. The number of aryl methyl sites for hydroxylation is 1. The Morgan fingerprint density at radius 2 is 2.19 bits per heavy atom. The van der Waals surface area contributed by atoms with Crippen molar-refractivity contribution in [2.45, 2.75) is 19.4 Å². The van der Waals surface area contributed by atoms with Crippen molar-refractivity contribution in [3.05, 3.63) is 24.0 Å². The van der Waals surface area contributed by atoms with Crippen molar-refractivity contribution in [1.82, 2.24) is 14.8 Å². The molecule has 1 aromatic carbocycles. The van der Waals surface area contributed by atoms with Crippen molar-refractivity contribution in [1.29, 1.82) is 0 Å². The molecule has 0 spiro atoms. The van der Waals surface area contributed by atoms with E-state index < -0.39 is 5.97 Å².